The third-order valence-corrected chi connectivity index (χ3v) is 4.93. The fraction of sp³-hybridized carbons (Fsp3) is 0.389. The summed E-state index contributed by atoms with van der Waals surface area (Å²) < 4.78 is 13.8. The summed E-state index contributed by atoms with van der Waals surface area (Å²) >= 11 is 0. The van der Waals surface area contributed by atoms with Crippen LogP contribution in [0.25, 0.3) is 0 Å². The molecule has 124 valence electrons. The topological polar surface area (TPSA) is 49.3 Å². The summed E-state index contributed by atoms with van der Waals surface area (Å²) in [7, 11) is 0. The lowest BCUT2D eigenvalue weighted by Gasteiger charge is -2.31. The number of rotatable bonds is 2. The van der Waals surface area contributed by atoms with Gasteiger partial charge in [-0.15, -0.1) is 0 Å². The number of hydrogen-bond acceptors (Lipinski definition) is 4. The quantitative estimate of drug-likeness (QED) is 0.847. The van der Waals surface area contributed by atoms with E-state index in [1.807, 2.05) is 21.9 Å². The molecule has 2 aliphatic heterocycles. The van der Waals surface area contributed by atoms with Crippen LogP contribution >= 0.6 is 0 Å². The van der Waals surface area contributed by atoms with E-state index in [4.69, 9.17) is 0 Å². The van der Waals surface area contributed by atoms with Crippen LogP contribution in [0, 0.1) is 11.7 Å². The minimum Gasteiger partial charge on any atom is -0.353 e. The highest BCUT2D eigenvalue weighted by Crippen LogP contribution is 2.27. The predicted molar refractivity (Wildman–Crippen MR) is 87.9 cm³/mol. The van der Waals surface area contributed by atoms with E-state index in [1.165, 1.54) is 23.7 Å². The Bertz CT molecular complexity index is 766. The first-order chi connectivity index (χ1) is 11.7. The van der Waals surface area contributed by atoms with Gasteiger partial charge in [-0.3, -0.25) is 4.79 Å². The summed E-state index contributed by atoms with van der Waals surface area (Å²) in [6.45, 7) is 2.60. The molecule has 1 aromatic heterocycles. The summed E-state index contributed by atoms with van der Waals surface area (Å²) in [6.07, 6.45) is 4.15. The van der Waals surface area contributed by atoms with Gasteiger partial charge in [-0.05, 0) is 24.0 Å². The number of aromatic nitrogens is 2. The van der Waals surface area contributed by atoms with Gasteiger partial charge in [0, 0.05) is 26.2 Å². The van der Waals surface area contributed by atoms with Crippen LogP contribution in [0.15, 0.2) is 36.8 Å². The number of carbonyl (C=O) groups excluding carboxylic acids is 1. The Hall–Kier alpha value is -2.50. The molecule has 0 N–H and O–H groups in total. The fourth-order valence-electron chi connectivity index (χ4n) is 3.64. The molecule has 0 aliphatic carbocycles. The van der Waals surface area contributed by atoms with E-state index in [0.29, 0.717) is 25.5 Å². The van der Waals surface area contributed by atoms with E-state index in [0.717, 1.165) is 19.4 Å². The minimum absolute atomic E-state index is 0.0929. The number of hydrogen-bond donors (Lipinski definition) is 0. The maximum absolute atomic E-state index is 13.8. The molecule has 6 heteroatoms. The van der Waals surface area contributed by atoms with Crippen molar-refractivity contribution in [2.45, 2.75) is 19.4 Å². The number of carbonyl (C=O) groups is 1. The first kappa shape index (κ1) is 15.1. The second-order valence-corrected chi connectivity index (χ2v) is 6.40. The van der Waals surface area contributed by atoms with E-state index in [-0.39, 0.29) is 11.8 Å². The molecule has 3 heterocycles. The molecular weight excluding hydrogens is 307 g/mol. The lowest BCUT2D eigenvalue weighted by molar-refractivity contribution is -0.135. The fourth-order valence-corrected chi connectivity index (χ4v) is 3.64. The maximum atomic E-state index is 13.8. The third-order valence-electron chi connectivity index (χ3n) is 4.93. The SMILES string of the molecule is O=C(C1CCN(c2ncncc2F)C1)N1CCc2ccccc2C1. The Morgan fingerprint density at radius 3 is 2.88 bits per heavy atom. The molecule has 1 amide bonds. The Labute approximate surface area is 140 Å². The van der Waals surface area contributed by atoms with Crippen LogP contribution in [-0.4, -0.2) is 40.4 Å². The first-order valence-corrected chi connectivity index (χ1v) is 8.28. The van der Waals surface area contributed by atoms with Gasteiger partial charge >= 0.3 is 0 Å². The molecule has 24 heavy (non-hydrogen) atoms. The molecular formula is C18H19FN4O. The smallest absolute Gasteiger partial charge is 0.227 e. The van der Waals surface area contributed by atoms with Gasteiger partial charge in [0.15, 0.2) is 11.6 Å². The predicted octanol–water partition coefficient (Wildman–Crippen LogP) is 2.03. The molecule has 1 fully saturated rings. The van der Waals surface area contributed by atoms with Gasteiger partial charge in [0.05, 0.1) is 12.1 Å². The molecule has 4 rings (SSSR count). The third kappa shape index (κ3) is 2.72. The van der Waals surface area contributed by atoms with Gasteiger partial charge < -0.3 is 9.80 Å². The van der Waals surface area contributed by atoms with Crippen molar-refractivity contribution in [2.24, 2.45) is 5.92 Å². The van der Waals surface area contributed by atoms with Gasteiger partial charge in [0.25, 0.3) is 0 Å². The number of benzene rings is 1. The van der Waals surface area contributed by atoms with Crippen LogP contribution in [0.3, 0.4) is 0 Å². The van der Waals surface area contributed by atoms with E-state index >= 15 is 0 Å². The number of nitrogens with zero attached hydrogens (tertiary/aromatic N) is 4. The highest BCUT2D eigenvalue weighted by atomic mass is 19.1. The van der Waals surface area contributed by atoms with Crippen molar-refractivity contribution in [1.82, 2.24) is 14.9 Å². The van der Waals surface area contributed by atoms with Crippen LogP contribution in [0.5, 0.6) is 0 Å². The van der Waals surface area contributed by atoms with Crippen molar-refractivity contribution < 1.29 is 9.18 Å². The Morgan fingerprint density at radius 1 is 1.21 bits per heavy atom. The second-order valence-electron chi connectivity index (χ2n) is 6.40. The van der Waals surface area contributed by atoms with Crippen LogP contribution in [-0.2, 0) is 17.8 Å². The maximum Gasteiger partial charge on any atom is 0.227 e. The van der Waals surface area contributed by atoms with Crippen LogP contribution in [0.4, 0.5) is 10.2 Å². The Kier molecular flexibility index (Phi) is 3.88. The average Bonchev–Trinajstić information content (AvgIpc) is 3.11. The molecule has 1 saturated heterocycles. The summed E-state index contributed by atoms with van der Waals surface area (Å²) in [6, 6.07) is 8.28. The highest BCUT2D eigenvalue weighted by molar-refractivity contribution is 5.80. The normalized spacial score (nSPS) is 20.1. The van der Waals surface area contributed by atoms with E-state index in [1.54, 1.807) is 0 Å². The molecule has 0 spiro atoms. The van der Waals surface area contributed by atoms with E-state index in [2.05, 4.69) is 22.1 Å². The zero-order chi connectivity index (χ0) is 16.5. The van der Waals surface area contributed by atoms with Gasteiger partial charge in [0.2, 0.25) is 5.91 Å². The molecule has 1 atom stereocenters. The number of anilines is 1. The molecule has 1 unspecified atom stereocenters. The summed E-state index contributed by atoms with van der Waals surface area (Å²) in [4.78, 5) is 24.3. The van der Waals surface area contributed by atoms with Crippen LogP contribution in [0.1, 0.15) is 17.5 Å². The van der Waals surface area contributed by atoms with Crippen molar-refractivity contribution in [3.8, 4) is 0 Å². The van der Waals surface area contributed by atoms with Crippen molar-refractivity contribution >= 4 is 11.7 Å². The number of fused-ring (bicyclic) bond motifs is 1. The molecule has 2 aromatic rings. The largest absolute Gasteiger partial charge is 0.353 e. The van der Waals surface area contributed by atoms with Gasteiger partial charge in [0.1, 0.15) is 6.33 Å². The van der Waals surface area contributed by atoms with Crippen molar-refractivity contribution in [3.05, 3.63) is 53.7 Å². The lowest BCUT2D eigenvalue weighted by Crippen LogP contribution is -2.40. The van der Waals surface area contributed by atoms with Gasteiger partial charge in [-0.25, -0.2) is 14.4 Å². The first-order valence-electron chi connectivity index (χ1n) is 8.28. The number of amides is 1. The van der Waals surface area contributed by atoms with Crippen molar-refractivity contribution in [2.75, 3.05) is 24.5 Å². The second kappa shape index (κ2) is 6.19. The summed E-state index contributed by atoms with van der Waals surface area (Å²) in [5.74, 6) is -0.0621. The molecule has 5 nitrogen and oxygen atoms in total. The zero-order valence-electron chi connectivity index (χ0n) is 13.4. The summed E-state index contributed by atoms with van der Waals surface area (Å²) in [5.41, 5.74) is 2.56. The molecule has 1 aromatic carbocycles. The van der Waals surface area contributed by atoms with E-state index in [9.17, 15) is 9.18 Å². The number of halogens is 1. The van der Waals surface area contributed by atoms with E-state index < -0.39 is 5.82 Å². The minimum atomic E-state index is -0.433. The summed E-state index contributed by atoms with van der Waals surface area (Å²) in [5, 5.41) is 0. The van der Waals surface area contributed by atoms with Gasteiger partial charge in [-0.2, -0.15) is 0 Å². The van der Waals surface area contributed by atoms with Crippen LogP contribution in [0.2, 0.25) is 0 Å². The van der Waals surface area contributed by atoms with Crippen LogP contribution < -0.4 is 4.90 Å². The molecule has 0 saturated carbocycles. The zero-order valence-corrected chi connectivity index (χ0v) is 13.4. The van der Waals surface area contributed by atoms with Crippen molar-refractivity contribution in [1.29, 1.82) is 0 Å². The standard InChI is InChI=1S/C18H19FN4O/c19-16-9-20-12-21-17(16)22-7-6-15(11-22)18(24)23-8-5-13-3-1-2-4-14(13)10-23/h1-4,9,12,15H,5-8,10-11H2. The molecule has 2 aliphatic rings. The van der Waals surface area contributed by atoms with Crippen molar-refractivity contribution in [3.63, 3.8) is 0 Å². The highest BCUT2D eigenvalue weighted by Gasteiger charge is 2.34. The molecule has 0 bridgehead atoms. The molecule has 0 radical (unpaired) electrons. The van der Waals surface area contributed by atoms with Gasteiger partial charge in [-0.1, -0.05) is 24.3 Å². The lowest BCUT2D eigenvalue weighted by atomic mass is 9.98. The average molecular weight is 326 g/mol. The Balaban J connectivity index is 1.44. The Morgan fingerprint density at radius 2 is 2.04 bits per heavy atom. The monoisotopic (exact) mass is 326 g/mol.